The molecular weight excluding hydrogens is 370 g/mol. The van der Waals surface area contributed by atoms with Gasteiger partial charge < -0.3 is 15.0 Å². The molecule has 0 saturated carbocycles. The number of piperidine rings is 1. The van der Waals surface area contributed by atoms with Gasteiger partial charge in [-0.1, -0.05) is 6.07 Å². The Kier molecular flexibility index (Phi) is 7.61. The van der Waals surface area contributed by atoms with Crippen molar-refractivity contribution in [2.24, 2.45) is 5.92 Å². The Labute approximate surface area is 160 Å². The van der Waals surface area contributed by atoms with E-state index in [1.54, 1.807) is 30.2 Å². The van der Waals surface area contributed by atoms with Crippen LogP contribution in [0.15, 0.2) is 24.3 Å². The molecule has 1 heterocycles. The van der Waals surface area contributed by atoms with Crippen molar-refractivity contribution in [2.75, 3.05) is 44.3 Å². The minimum Gasteiger partial charge on any atom is -0.385 e. The molecule has 0 bridgehead atoms. The second-order valence-corrected chi connectivity index (χ2v) is 8.43. The number of rotatable bonds is 8. The fraction of sp³-hybridized carbons (Fsp3) is 0.556. The van der Waals surface area contributed by atoms with Crippen LogP contribution in [0.5, 0.6) is 0 Å². The molecule has 1 unspecified atom stereocenters. The molecule has 1 fully saturated rings. The molecule has 0 spiro atoms. The number of hydrogen-bond donors (Lipinski definition) is 2. The minimum absolute atomic E-state index is 0.0453. The predicted octanol–water partition coefficient (Wildman–Crippen LogP) is 1.06. The van der Waals surface area contributed by atoms with Crippen molar-refractivity contribution in [3.8, 4) is 0 Å². The Morgan fingerprint density at radius 2 is 2.11 bits per heavy atom. The maximum Gasteiger partial charge on any atom is 0.253 e. The van der Waals surface area contributed by atoms with Gasteiger partial charge in [-0.25, -0.2) is 8.42 Å². The van der Waals surface area contributed by atoms with E-state index in [-0.39, 0.29) is 17.7 Å². The molecule has 2 N–H and O–H groups in total. The maximum atomic E-state index is 12.8. The van der Waals surface area contributed by atoms with Crippen molar-refractivity contribution in [3.05, 3.63) is 29.8 Å². The molecule has 1 atom stereocenters. The lowest BCUT2D eigenvalue weighted by Crippen LogP contribution is -2.45. The molecule has 27 heavy (non-hydrogen) atoms. The van der Waals surface area contributed by atoms with Crippen molar-refractivity contribution in [2.45, 2.75) is 19.3 Å². The van der Waals surface area contributed by atoms with Crippen LogP contribution in [0.3, 0.4) is 0 Å². The third-order valence-electron chi connectivity index (χ3n) is 4.32. The topological polar surface area (TPSA) is 105 Å². The van der Waals surface area contributed by atoms with E-state index in [2.05, 4.69) is 10.0 Å². The molecule has 150 valence electrons. The van der Waals surface area contributed by atoms with Gasteiger partial charge >= 0.3 is 0 Å². The summed E-state index contributed by atoms with van der Waals surface area (Å²) in [5, 5.41) is 2.89. The molecule has 1 saturated heterocycles. The van der Waals surface area contributed by atoms with E-state index >= 15 is 0 Å². The average molecular weight is 397 g/mol. The molecule has 1 aliphatic rings. The van der Waals surface area contributed by atoms with E-state index in [9.17, 15) is 18.0 Å². The smallest absolute Gasteiger partial charge is 0.253 e. The third kappa shape index (κ3) is 6.84. The van der Waals surface area contributed by atoms with Crippen LogP contribution in [0.1, 0.15) is 29.6 Å². The van der Waals surface area contributed by atoms with Gasteiger partial charge in [0.2, 0.25) is 15.9 Å². The van der Waals surface area contributed by atoms with E-state index in [4.69, 9.17) is 4.74 Å². The number of nitrogens with one attached hydrogen (secondary N) is 2. The van der Waals surface area contributed by atoms with Crippen molar-refractivity contribution >= 4 is 27.5 Å². The number of ether oxygens (including phenoxy) is 1. The summed E-state index contributed by atoms with van der Waals surface area (Å²) >= 11 is 0. The monoisotopic (exact) mass is 397 g/mol. The van der Waals surface area contributed by atoms with E-state index in [1.807, 2.05) is 0 Å². The van der Waals surface area contributed by atoms with E-state index < -0.39 is 10.0 Å². The summed E-state index contributed by atoms with van der Waals surface area (Å²) in [6.07, 6.45) is 3.30. The molecule has 0 aliphatic carbocycles. The van der Waals surface area contributed by atoms with E-state index in [0.29, 0.717) is 37.5 Å². The normalized spacial score (nSPS) is 17.4. The molecule has 0 radical (unpaired) electrons. The van der Waals surface area contributed by atoms with Crippen LogP contribution in [-0.4, -0.2) is 64.7 Å². The quantitative estimate of drug-likeness (QED) is 0.638. The van der Waals surface area contributed by atoms with E-state index in [0.717, 1.165) is 25.5 Å². The Morgan fingerprint density at radius 3 is 2.81 bits per heavy atom. The lowest BCUT2D eigenvalue weighted by atomic mass is 9.96. The lowest BCUT2D eigenvalue weighted by Gasteiger charge is -2.32. The fourth-order valence-electron chi connectivity index (χ4n) is 3.06. The van der Waals surface area contributed by atoms with Gasteiger partial charge in [-0.15, -0.1) is 0 Å². The van der Waals surface area contributed by atoms with Crippen LogP contribution >= 0.6 is 0 Å². The number of anilines is 1. The molecular formula is C18H27N3O5S. The number of sulfonamides is 1. The second-order valence-electron chi connectivity index (χ2n) is 6.68. The molecule has 1 aliphatic heterocycles. The van der Waals surface area contributed by atoms with Gasteiger partial charge in [0.1, 0.15) is 0 Å². The van der Waals surface area contributed by atoms with E-state index in [1.165, 1.54) is 6.07 Å². The summed E-state index contributed by atoms with van der Waals surface area (Å²) < 4.78 is 30.1. The number of likely N-dealkylation sites (tertiary alicyclic amines) is 1. The van der Waals surface area contributed by atoms with Gasteiger partial charge in [-0.3, -0.25) is 14.3 Å². The Balaban J connectivity index is 1.98. The lowest BCUT2D eigenvalue weighted by molar-refractivity contribution is -0.126. The minimum atomic E-state index is -3.41. The zero-order valence-electron chi connectivity index (χ0n) is 15.7. The summed E-state index contributed by atoms with van der Waals surface area (Å²) in [5.41, 5.74) is 0.734. The van der Waals surface area contributed by atoms with Gasteiger partial charge in [-0.05, 0) is 37.5 Å². The van der Waals surface area contributed by atoms with Gasteiger partial charge in [0.05, 0.1) is 12.2 Å². The standard InChI is InChI=1S/C18H27N3O5S/c1-26-11-5-9-19-17(22)15-7-4-10-21(13-15)18(23)14-6-3-8-16(12-14)20-27(2,24)25/h3,6,8,12,15,20H,4-5,7,9-11,13H2,1-2H3,(H,19,22). The number of amides is 2. The van der Waals surface area contributed by atoms with Gasteiger partial charge in [0, 0.05) is 44.6 Å². The number of nitrogens with zero attached hydrogens (tertiary/aromatic N) is 1. The third-order valence-corrected chi connectivity index (χ3v) is 4.92. The fourth-order valence-corrected chi connectivity index (χ4v) is 3.62. The molecule has 1 aromatic carbocycles. The highest BCUT2D eigenvalue weighted by Gasteiger charge is 2.28. The Hall–Kier alpha value is -2.13. The van der Waals surface area contributed by atoms with Crippen LogP contribution < -0.4 is 10.0 Å². The molecule has 8 nitrogen and oxygen atoms in total. The molecule has 2 amide bonds. The first-order valence-corrected chi connectivity index (χ1v) is 10.8. The summed E-state index contributed by atoms with van der Waals surface area (Å²) in [6, 6.07) is 6.37. The van der Waals surface area contributed by atoms with Crippen molar-refractivity contribution < 1.29 is 22.7 Å². The van der Waals surface area contributed by atoms with Crippen LogP contribution in [0, 0.1) is 5.92 Å². The summed E-state index contributed by atoms with van der Waals surface area (Å²) in [6.45, 7) is 2.08. The van der Waals surface area contributed by atoms with Gasteiger partial charge in [-0.2, -0.15) is 0 Å². The Morgan fingerprint density at radius 1 is 1.33 bits per heavy atom. The second kappa shape index (κ2) is 9.70. The largest absolute Gasteiger partial charge is 0.385 e. The zero-order valence-corrected chi connectivity index (χ0v) is 16.5. The van der Waals surface area contributed by atoms with Crippen LogP contribution in [0.4, 0.5) is 5.69 Å². The SMILES string of the molecule is COCCCNC(=O)C1CCCN(C(=O)c2cccc(NS(C)(=O)=O)c2)C1. The van der Waals surface area contributed by atoms with Crippen molar-refractivity contribution in [1.29, 1.82) is 0 Å². The summed E-state index contributed by atoms with van der Waals surface area (Å²) in [7, 11) is -1.80. The highest BCUT2D eigenvalue weighted by molar-refractivity contribution is 7.92. The number of carbonyl (C=O) groups is 2. The van der Waals surface area contributed by atoms with Gasteiger partial charge in [0.25, 0.3) is 5.91 Å². The number of benzene rings is 1. The summed E-state index contributed by atoms with van der Waals surface area (Å²) in [4.78, 5) is 26.8. The highest BCUT2D eigenvalue weighted by atomic mass is 32.2. The Bertz CT molecular complexity index is 766. The summed E-state index contributed by atoms with van der Waals surface area (Å²) in [5.74, 6) is -0.484. The molecule has 9 heteroatoms. The average Bonchev–Trinajstić information content (AvgIpc) is 2.63. The highest BCUT2D eigenvalue weighted by Crippen LogP contribution is 2.20. The van der Waals surface area contributed by atoms with Crippen LogP contribution in [-0.2, 0) is 19.6 Å². The zero-order chi connectivity index (χ0) is 19.9. The first-order chi connectivity index (χ1) is 12.8. The number of hydrogen-bond acceptors (Lipinski definition) is 5. The first-order valence-electron chi connectivity index (χ1n) is 8.94. The number of carbonyl (C=O) groups excluding carboxylic acids is 2. The molecule has 2 rings (SSSR count). The van der Waals surface area contributed by atoms with Gasteiger partial charge in [0.15, 0.2) is 0 Å². The van der Waals surface area contributed by atoms with Crippen LogP contribution in [0.25, 0.3) is 0 Å². The molecule has 1 aromatic rings. The molecule has 0 aromatic heterocycles. The van der Waals surface area contributed by atoms with Crippen LogP contribution in [0.2, 0.25) is 0 Å². The first kappa shape index (κ1) is 21.2. The number of methoxy groups -OCH3 is 1. The maximum absolute atomic E-state index is 12.8. The van der Waals surface area contributed by atoms with Crippen molar-refractivity contribution in [1.82, 2.24) is 10.2 Å². The van der Waals surface area contributed by atoms with Crippen molar-refractivity contribution in [3.63, 3.8) is 0 Å². The predicted molar refractivity (Wildman–Crippen MR) is 103 cm³/mol.